The SMILES string of the molecule is CC(C)COCCCNC(=O)N1CC(C(C)C(=O)O)C1. The first-order valence-corrected chi connectivity index (χ1v) is 7.25. The molecule has 0 aromatic rings. The van der Waals surface area contributed by atoms with E-state index >= 15 is 0 Å². The van der Waals surface area contributed by atoms with E-state index in [2.05, 4.69) is 19.2 Å². The van der Waals surface area contributed by atoms with Gasteiger partial charge in [0.1, 0.15) is 0 Å². The molecule has 0 aromatic carbocycles. The van der Waals surface area contributed by atoms with E-state index < -0.39 is 5.97 Å². The number of carboxylic acid groups (broad SMARTS) is 1. The van der Waals surface area contributed by atoms with Crippen molar-refractivity contribution in [2.75, 3.05) is 32.8 Å². The van der Waals surface area contributed by atoms with Crippen molar-refractivity contribution in [1.82, 2.24) is 10.2 Å². The molecule has 0 aromatic heterocycles. The van der Waals surface area contributed by atoms with Gasteiger partial charge in [-0.15, -0.1) is 0 Å². The average Bonchev–Trinajstić information content (AvgIpc) is 2.31. The Hall–Kier alpha value is -1.30. The molecule has 116 valence electrons. The van der Waals surface area contributed by atoms with E-state index in [4.69, 9.17) is 9.84 Å². The third-order valence-electron chi connectivity index (χ3n) is 3.49. The maximum Gasteiger partial charge on any atom is 0.317 e. The molecule has 6 heteroatoms. The summed E-state index contributed by atoms with van der Waals surface area (Å²) in [4.78, 5) is 24.2. The van der Waals surface area contributed by atoms with Crippen LogP contribution in [0.4, 0.5) is 4.79 Å². The van der Waals surface area contributed by atoms with Crippen LogP contribution >= 0.6 is 0 Å². The molecule has 1 saturated heterocycles. The molecule has 2 amide bonds. The van der Waals surface area contributed by atoms with Crippen molar-refractivity contribution < 1.29 is 19.4 Å². The van der Waals surface area contributed by atoms with Gasteiger partial charge in [-0.05, 0) is 12.3 Å². The summed E-state index contributed by atoms with van der Waals surface area (Å²) in [6, 6.07) is -0.109. The molecule has 1 fully saturated rings. The minimum absolute atomic E-state index is 0.0765. The number of hydrogen-bond donors (Lipinski definition) is 2. The van der Waals surface area contributed by atoms with Gasteiger partial charge in [-0.3, -0.25) is 4.79 Å². The van der Waals surface area contributed by atoms with Gasteiger partial charge in [-0.1, -0.05) is 20.8 Å². The molecular formula is C14H26N2O4. The molecule has 1 aliphatic heterocycles. The van der Waals surface area contributed by atoms with Crippen LogP contribution in [0.5, 0.6) is 0 Å². The van der Waals surface area contributed by atoms with E-state index in [0.29, 0.717) is 32.2 Å². The van der Waals surface area contributed by atoms with Gasteiger partial charge in [0.25, 0.3) is 0 Å². The minimum Gasteiger partial charge on any atom is -0.481 e. The normalized spacial score (nSPS) is 16.9. The number of aliphatic carboxylic acids is 1. The third kappa shape index (κ3) is 5.36. The number of nitrogens with one attached hydrogen (secondary N) is 1. The summed E-state index contributed by atoms with van der Waals surface area (Å²) in [7, 11) is 0. The summed E-state index contributed by atoms with van der Waals surface area (Å²) < 4.78 is 5.42. The van der Waals surface area contributed by atoms with Gasteiger partial charge in [0.2, 0.25) is 0 Å². The molecule has 20 heavy (non-hydrogen) atoms. The summed E-state index contributed by atoms with van der Waals surface area (Å²) in [5, 5.41) is 11.7. The predicted molar refractivity (Wildman–Crippen MR) is 75.5 cm³/mol. The summed E-state index contributed by atoms with van der Waals surface area (Å²) in [6.45, 7) is 8.93. The second-order valence-corrected chi connectivity index (χ2v) is 5.85. The first-order valence-electron chi connectivity index (χ1n) is 7.25. The average molecular weight is 286 g/mol. The monoisotopic (exact) mass is 286 g/mol. The quantitative estimate of drug-likeness (QED) is 0.661. The van der Waals surface area contributed by atoms with Gasteiger partial charge in [-0.25, -0.2) is 4.79 Å². The summed E-state index contributed by atoms with van der Waals surface area (Å²) in [5.74, 6) is -0.577. The molecule has 0 aliphatic carbocycles. The van der Waals surface area contributed by atoms with Crippen molar-refractivity contribution in [3.05, 3.63) is 0 Å². The van der Waals surface area contributed by atoms with Crippen LogP contribution in [0.3, 0.4) is 0 Å². The Morgan fingerprint density at radius 2 is 2.00 bits per heavy atom. The lowest BCUT2D eigenvalue weighted by molar-refractivity contribution is -0.144. The second kappa shape index (κ2) is 8.09. The smallest absolute Gasteiger partial charge is 0.317 e. The van der Waals surface area contributed by atoms with E-state index in [1.54, 1.807) is 11.8 Å². The maximum absolute atomic E-state index is 11.7. The van der Waals surface area contributed by atoms with Gasteiger partial charge in [0, 0.05) is 38.8 Å². The van der Waals surface area contributed by atoms with Crippen molar-refractivity contribution in [2.24, 2.45) is 17.8 Å². The number of amides is 2. The van der Waals surface area contributed by atoms with Crippen LogP contribution in [-0.4, -0.2) is 54.9 Å². The Bertz CT molecular complexity index is 327. The molecule has 1 heterocycles. The fourth-order valence-electron chi connectivity index (χ4n) is 2.00. The van der Waals surface area contributed by atoms with Crippen LogP contribution in [0.2, 0.25) is 0 Å². The number of likely N-dealkylation sites (tertiary alicyclic amines) is 1. The highest BCUT2D eigenvalue weighted by molar-refractivity contribution is 5.76. The third-order valence-corrected chi connectivity index (χ3v) is 3.49. The lowest BCUT2D eigenvalue weighted by Crippen LogP contribution is -2.56. The zero-order valence-corrected chi connectivity index (χ0v) is 12.6. The number of hydrogen-bond acceptors (Lipinski definition) is 3. The predicted octanol–water partition coefficient (Wildman–Crippen LogP) is 1.41. The van der Waals surface area contributed by atoms with Crippen LogP contribution in [0.1, 0.15) is 27.2 Å². The lowest BCUT2D eigenvalue weighted by atomic mass is 9.87. The molecule has 1 unspecified atom stereocenters. The molecule has 0 bridgehead atoms. The highest BCUT2D eigenvalue weighted by atomic mass is 16.5. The Morgan fingerprint density at radius 1 is 1.35 bits per heavy atom. The largest absolute Gasteiger partial charge is 0.481 e. The van der Waals surface area contributed by atoms with Gasteiger partial charge >= 0.3 is 12.0 Å². The zero-order chi connectivity index (χ0) is 15.1. The molecule has 1 atom stereocenters. The molecule has 1 rings (SSSR count). The number of nitrogens with zero attached hydrogens (tertiary/aromatic N) is 1. The fraction of sp³-hybridized carbons (Fsp3) is 0.857. The number of rotatable bonds is 8. The summed E-state index contributed by atoms with van der Waals surface area (Å²) in [6.07, 6.45) is 0.793. The molecule has 0 spiro atoms. The number of ether oxygens (including phenoxy) is 1. The van der Waals surface area contributed by atoms with E-state index in [1.165, 1.54) is 0 Å². The van der Waals surface area contributed by atoms with Crippen molar-refractivity contribution in [1.29, 1.82) is 0 Å². The van der Waals surface area contributed by atoms with Gasteiger partial charge in [0.15, 0.2) is 0 Å². The second-order valence-electron chi connectivity index (χ2n) is 5.85. The number of carboxylic acids is 1. The molecule has 6 nitrogen and oxygen atoms in total. The van der Waals surface area contributed by atoms with E-state index in [0.717, 1.165) is 13.0 Å². The summed E-state index contributed by atoms with van der Waals surface area (Å²) >= 11 is 0. The van der Waals surface area contributed by atoms with Gasteiger partial charge in [-0.2, -0.15) is 0 Å². The minimum atomic E-state index is -0.794. The van der Waals surface area contributed by atoms with Crippen LogP contribution in [0.25, 0.3) is 0 Å². The zero-order valence-electron chi connectivity index (χ0n) is 12.6. The van der Waals surface area contributed by atoms with Crippen LogP contribution in [0, 0.1) is 17.8 Å². The van der Waals surface area contributed by atoms with Crippen molar-refractivity contribution in [2.45, 2.75) is 27.2 Å². The standard InChI is InChI=1S/C14H26N2O4/c1-10(2)9-20-6-4-5-15-14(19)16-7-12(8-16)11(3)13(17)18/h10-12H,4-9H2,1-3H3,(H,15,19)(H,17,18). The molecule has 0 radical (unpaired) electrons. The summed E-state index contributed by atoms with van der Waals surface area (Å²) in [5.41, 5.74) is 0. The fourth-order valence-corrected chi connectivity index (χ4v) is 2.00. The Morgan fingerprint density at radius 3 is 2.55 bits per heavy atom. The number of carbonyl (C=O) groups excluding carboxylic acids is 1. The Balaban J connectivity index is 2.04. The van der Waals surface area contributed by atoms with Crippen LogP contribution in [-0.2, 0) is 9.53 Å². The lowest BCUT2D eigenvalue weighted by Gasteiger charge is -2.41. The molecule has 1 aliphatic rings. The van der Waals surface area contributed by atoms with E-state index in [-0.39, 0.29) is 17.9 Å². The first-order chi connectivity index (χ1) is 9.41. The topological polar surface area (TPSA) is 78.9 Å². The maximum atomic E-state index is 11.7. The molecule has 2 N–H and O–H groups in total. The van der Waals surface area contributed by atoms with E-state index in [9.17, 15) is 9.59 Å². The molecular weight excluding hydrogens is 260 g/mol. The van der Waals surface area contributed by atoms with Crippen molar-refractivity contribution >= 4 is 12.0 Å². The number of urea groups is 1. The van der Waals surface area contributed by atoms with Crippen molar-refractivity contribution in [3.8, 4) is 0 Å². The highest BCUT2D eigenvalue weighted by Gasteiger charge is 2.36. The Kier molecular flexibility index (Phi) is 6.78. The van der Waals surface area contributed by atoms with Gasteiger partial charge < -0.3 is 20.1 Å². The highest BCUT2D eigenvalue weighted by Crippen LogP contribution is 2.23. The van der Waals surface area contributed by atoms with Crippen LogP contribution in [0.15, 0.2) is 0 Å². The van der Waals surface area contributed by atoms with Crippen LogP contribution < -0.4 is 5.32 Å². The first kappa shape index (κ1) is 16.8. The molecule has 0 saturated carbocycles. The van der Waals surface area contributed by atoms with Gasteiger partial charge in [0.05, 0.1) is 5.92 Å². The Labute approximate surface area is 120 Å². The van der Waals surface area contributed by atoms with E-state index in [1.807, 2.05) is 0 Å². The van der Waals surface area contributed by atoms with Crippen molar-refractivity contribution in [3.63, 3.8) is 0 Å². The number of carbonyl (C=O) groups is 2.